The SMILES string of the molecule is Nc1nnc(-c2c[nH]c3ncccc23)c(-c2c[nH]c3ccc(F)cc23)n1. The number of pyridine rings is 1. The molecule has 0 bridgehead atoms. The molecule has 5 rings (SSSR count). The number of rotatable bonds is 2. The molecule has 0 aliphatic heterocycles. The summed E-state index contributed by atoms with van der Waals surface area (Å²) in [4.78, 5) is 14.9. The van der Waals surface area contributed by atoms with Gasteiger partial charge in [0.05, 0.1) is 0 Å². The monoisotopic (exact) mass is 345 g/mol. The van der Waals surface area contributed by atoms with Gasteiger partial charge in [0.25, 0.3) is 0 Å². The molecule has 4 heterocycles. The van der Waals surface area contributed by atoms with Crippen LogP contribution in [0.3, 0.4) is 0 Å². The van der Waals surface area contributed by atoms with E-state index in [4.69, 9.17) is 5.73 Å². The van der Waals surface area contributed by atoms with Crippen LogP contribution < -0.4 is 5.73 Å². The smallest absolute Gasteiger partial charge is 0.240 e. The van der Waals surface area contributed by atoms with Crippen LogP contribution >= 0.6 is 0 Å². The summed E-state index contributed by atoms with van der Waals surface area (Å²) in [6.45, 7) is 0. The van der Waals surface area contributed by atoms with Crippen LogP contribution in [-0.2, 0) is 0 Å². The first-order chi connectivity index (χ1) is 12.7. The molecule has 126 valence electrons. The highest BCUT2D eigenvalue weighted by molar-refractivity contribution is 6.01. The number of aromatic amines is 2. The Labute approximate surface area is 146 Å². The first kappa shape index (κ1) is 14.5. The standard InChI is InChI=1S/C18H12FN7/c19-9-3-4-14-11(6-9)13(7-22-14)15-16(25-26-18(20)24-15)12-8-23-17-10(12)2-1-5-21-17/h1-8,22H,(H,21,23)(H2,20,24,26). The van der Waals surface area contributed by atoms with E-state index < -0.39 is 0 Å². The molecule has 26 heavy (non-hydrogen) atoms. The van der Waals surface area contributed by atoms with Crippen molar-refractivity contribution >= 4 is 27.9 Å². The molecule has 0 radical (unpaired) electrons. The summed E-state index contributed by atoms with van der Waals surface area (Å²) in [7, 11) is 0. The van der Waals surface area contributed by atoms with Gasteiger partial charge in [-0.15, -0.1) is 10.2 Å². The molecule has 0 amide bonds. The zero-order valence-corrected chi connectivity index (χ0v) is 13.4. The first-order valence-electron chi connectivity index (χ1n) is 7.90. The topological polar surface area (TPSA) is 109 Å². The van der Waals surface area contributed by atoms with Crippen LogP contribution in [0.5, 0.6) is 0 Å². The van der Waals surface area contributed by atoms with E-state index in [9.17, 15) is 4.39 Å². The molecule has 0 atom stereocenters. The average Bonchev–Trinajstić information content (AvgIpc) is 3.25. The zero-order valence-electron chi connectivity index (χ0n) is 13.4. The Balaban J connectivity index is 1.82. The summed E-state index contributed by atoms with van der Waals surface area (Å²) in [6, 6.07) is 8.33. The number of nitrogens with one attached hydrogen (secondary N) is 2. The third-order valence-electron chi connectivity index (χ3n) is 4.31. The second-order valence-electron chi connectivity index (χ2n) is 5.86. The van der Waals surface area contributed by atoms with Crippen LogP contribution in [0.2, 0.25) is 0 Å². The number of anilines is 1. The van der Waals surface area contributed by atoms with E-state index in [2.05, 4.69) is 30.1 Å². The molecule has 1 aromatic carbocycles. The fourth-order valence-corrected chi connectivity index (χ4v) is 3.15. The molecule has 0 aliphatic carbocycles. The van der Waals surface area contributed by atoms with Crippen LogP contribution in [0.4, 0.5) is 10.3 Å². The summed E-state index contributed by atoms with van der Waals surface area (Å²) in [5.74, 6) is -0.279. The van der Waals surface area contributed by atoms with Crippen molar-refractivity contribution in [2.45, 2.75) is 0 Å². The minimum atomic E-state index is -0.328. The lowest BCUT2D eigenvalue weighted by Gasteiger charge is -2.06. The molecule has 0 saturated carbocycles. The van der Waals surface area contributed by atoms with Crippen LogP contribution in [0.15, 0.2) is 48.9 Å². The van der Waals surface area contributed by atoms with Gasteiger partial charge in [-0.3, -0.25) is 0 Å². The van der Waals surface area contributed by atoms with Crippen LogP contribution in [0.25, 0.3) is 44.5 Å². The molecule has 7 nitrogen and oxygen atoms in total. The minimum Gasteiger partial charge on any atom is -0.366 e. The first-order valence-corrected chi connectivity index (χ1v) is 7.90. The number of benzene rings is 1. The molecule has 4 aromatic heterocycles. The summed E-state index contributed by atoms with van der Waals surface area (Å²) in [5.41, 5.74) is 9.89. The number of nitrogens with zero attached hydrogens (tertiary/aromatic N) is 4. The highest BCUT2D eigenvalue weighted by Crippen LogP contribution is 2.36. The van der Waals surface area contributed by atoms with Crippen molar-refractivity contribution in [2.24, 2.45) is 0 Å². The summed E-state index contributed by atoms with van der Waals surface area (Å²) in [6.07, 6.45) is 5.28. The van der Waals surface area contributed by atoms with E-state index in [0.29, 0.717) is 22.3 Å². The lowest BCUT2D eigenvalue weighted by molar-refractivity contribution is 0.630. The van der Waals surface area contributed by atoms with Crippen molar-refractivity contribution in [2.75, 3.05) is 5.73 Å². The maximum Gasteiger partial charge on any atom is 0.240 e. The number of fused-ring (bicyclic) bond motifs is 2. The number of nitrogen functional groups attached to an aromatic ring is 1. The van der Waals surface area contributed by atoms with E-state index >= 15 is 0 Å². The molecule has 0 aliphatic rings. The van der Waals surface area contributed by atoms with Gasteiger partial charge in [-0.05, 0) is 30.3 Å². The molecule has 8 heteroatoms. The second-order valence-corrected chi connectivity index (χ2v) is 5.86. The maximum atomic E-state index is 13.8. The van der Waals surface area contributed by atoms with Crippen LogP contribution in [0.1, 0.15) is 0 Å². The molecular formula is C18H12FN7. The number of H-pyrrole nitrogens is 2. The van der Waals surface area contributed by atoms with Gasteiger partial charge in [-0.2, -0.15) is 0 Å². The van der Waals surface area contributed by atoms with Crippen molar-refractivity contribution in [3.63, 3.8) is 0 Å². The lowest BCUT2D eigenvalue weighted by atomic mass is 10.0. The van der Waals surface area contributed by atoms with Crippen molar-refractivity contribution in [3.8, 4) is 22.5 Å². The third kappa shape index (κ3) is 2.12. The van der Waals surface area contributed by atoms with Gasteiger partial charge in [0.15, 0.2) is 0 Å². The Morgan fingerprint density at radius 1 is 0.923 bits per heavy atom. The molecule has 5 aromatic rings. The highest BCUT2D eigenvalue weighted by atomic mass is 19.1. The number of halogens is 1. The predicted octanol–water partition coefficient (Wildman–Crippen LogP) is 3.28. The number of nitrogens with two attached hydrogens (primary N) is 1. The molecule has 4 N–H and O–H groups in total. The van der Waals surface area contributed by atoms with Crippen molar-refractivity contribution in [3.05, 3.63) is 54.7 Å². The Kier molecular flexibility index (Phi) is 2.99. The minimum absolute atomic E-state index is 0.0486. The average molecular weight is 345 g/mol. The normalized spacial score (nSPS) is 11.4. The summed E-state index contributed by atoms with van der Waals surface area (Å²) < 4.78 is 13.8. The van der Waals surface area contributed by atoms with Gasteiger partial charge >= 0.3 is 0 Å². The van der Waals surface area contributed by atoms with E-state index in [0.717, 1.165) is 22.1 Å². The van der Waals surface area contributed by atoms with Gasteiger partial charge in [0, 0.05) is 46.0 Å². The van der Waals surface area contributed by atoms with Gasteiger partial charge in [0.2, 0.25) is 5.95 Å². The summed E-state index contributed by atoms with van der Waals surface area (Å²) >= 11 is 0. The Bertz CT molecular complexity index is 1270. The fraction of sp³-hybridized carbons (Fsp3) is 0. The Morgan fingerprint density at radius 3 is 2.69 bits per heavy atom. The van der Waals surface area contributed by atoms with Crippen molar-refractivity contribution in [1.29, 1.82) is 0 Å². The highest BCUT2D eigenvalue weighted by Gasteiger charge is 2.19. The van der Waals surface area contributed by atoms with E-state index in [1.807, 2.05) is 12.1 Å². The van der Waals surface area contributed by atoms with Gasteiger partial charge < -0.3 is 15.7 Å². The van der Waals surface area contributed by atoms with Gasteiger partial charge in [-0.1, -0.05) is 0 Å². The lowest BCUT2D eigenvalue weighted by Crippen LogP contribution is -2.02. The van der Waals surface area contributed by atoms with Crippen molar-refractivity contribution in [1.82, 2.24) is 30.1 Å². The van der Waals surface area contributed by atoms with Crippen molar-refractivity contribution < 1.29 is 4.39 Å². The van der Waals surface area contributed by atoms with Gasteiger partial charge in [0.1, 0.15) is 22.9 Å². The fourth-order valence-electron chi connectivity index (χ4n) is 3.15. The zero-order chi connectivity index (χ0) is 17.7. The molecule has 0 unspecified atom stereocenters. The molecule has 0 fully saturated rings. The van der Waals surface area contributed by atoms with Gasteiger partial charge in [-0.25, -0.2) is 14.4 Å². The van der Waals surface area contributed by atoms with Crippen LogP contribution in [0, 0.1) is 5.82 Å². The second kappa shape index (κ2) is 5.35. The number of hydrogen-bond donors (Lipinski definition) is 3. The maximum absolute atomic E-state index is 13.8. The molecule has 0 spiro atoms. The number of hydrogen-bond acceptors (Lipinski definition) is 5. The Morgan fingerprint density at radius 2 is 1.77 bits per heavy atom. The number of aromatic nitrogens is 6. The van der Waals surface area contributed by atoms with E-state index in [-0.39, 0.29) is 11.8 Å². The predicted molar refractivity (Wildman–Crippen MR) is 96.6 cm³/mol. The third-order valence-corrected chi connectivity index (χ3v) is 4.31. The van der Waals surface area contributed by atoms with E-state index in [1.165, 1.54) is 12.1 Å². The molecular weight excluding hydrogens is 333 g/mol. The quantitative estimate of drug-likeness (QED) is 0.455. The molecule has 0 saturated heterocycles. The summed E-state index contributed by atoms with van der Waals surface area (Å²) in [5, 5.41) is 9.76. The van der Waals surface area contributed by atoms with E-state index in [1.54, 1.807) is 24.7 Å². The largest absolute Gasteiger partial charge is 0.366 e. The van der Waals surface area contributed by atoms with Crippen LogP contribution in [-0.4, -0.2) is 30.1 Å². The Hall–Kier alpha value is -3.81.